The first-order chi connectivity index (χ1) is 17.4. The van der Waals surface area contributed by atoms with Gasteiger partial charge in [-0.15, -0.1) is 0 Å². The second-order valence-corrected chi connectivity index (χ2v) is 7.54. The van der Waals surface area contributed by atoms with E-state index in [1.54, 1.807) is 41.2 Å². The number of rotatable bonds is 11. The maximum atomic E-state index is 13.5. The Morgan fingerprint density at radius 2 is 1.64 bits per heavy atom. The van der Waals surface area contributed by atoms with Crippen LogP contribution in [0.1, 0.15) is 29.3 Å². The molecule has 0 unspecified atom stereocenters. The molecule has 0 N–H and O–H groups in total. The second-order valence-electron chi connectivity index (χ2n) is 7.54. The van der Waals surface area contributed by atoms with Crippen molar-refractivity contribution in [3.05, 3.63) is 95.3 Å². The van der Waals surface area contributed by atoms with Crippen molar-refractivity contribution < 1.29 is 32.6 Å². The Morgan fingerprint density at radius 3 is 2.19 bits per heavy atom. The summed E-state index contributed by atoms with van der Waals surface area (Å²) in [4.78, 5) is 31.6. The highest BCUT2D eigenvalue weighted by atomic mass is 19.1. The molecular formula is C26H25F2N3O5. The van der Waals surface area contributed by atoms with E-state index in [1.165, 1.54) is 37.4 Å². The van der Waals surface area contributed by atoms with Crippen LogP contribution in [-0.4, -0.2) is 48.7 Å². The van der Waals surface area contributed by atoms with Crippen LogP contribution in [0.2, 0.25) is 0 Å². The fourth-order valence-electron chi connectivity index (χ4n) is 3.52. The molecule has 0 radical (unpaired) electrons. The number of methoxy groups -OCH3 is 1. The zero-order valence-corrected chi connectivity index (χ0v) is 19.8. The highest BCUT2D eigenvalue weighted by Crippen LogP contribution is 2.29. The smallest absolute Gasteiger partial charge is 0.453 e. The first-order valence-corrected chi connectivity index (χ1v) is 10.9. The van der Waals surface area contributed by atoms with Gasteiger partial charge in [-0.05, 0) is 41.8 Å². The number of allylic oxidation sites excluding steroid dienone is 1. The molecule has 8 nitrogen and oxygen atoms in total. The van der Waals surface area contributed by atoms with Crippen molar-refractivity contribution in [2.75, 3.05) is 21.0 Å². The van der Waals surface area contributed by atoms with Crippen molar-refractivity contribution in [1.82, 2.24) is 9.55 Å². The van der Waals surface area contributed by atoms with Crippen LogP contribution in [0.15, 0.2) is 71.7 Å². The van der Waals surface area contributed by atoms with E-state index in [0.717, 1.165) is 24.5 Å². The van der Waals surface area contributed by atoms with Crippen LogP contribution in [0.5, 0.6) is 0 Å². The molecule has 0 atom stereocenters. The lowest BCUT2D eigenvalue weighted by atomic mass is 9.88. The lowest BCUT2D eigenvalue weighted by Crippen LogP contribution is -2.14. The summed E-state index contributed by atoms with van der Waals surface area (Å²) in [5, 5.41) is 0. The number of hydrogen-bond donors (Lipinski definition) is 0. The average Bonchev–Trinajstić information content (AvgIpc) is 3.32. The van der Waals surface area contributed by atoms with Gasteiger partial charge >= 0.3 is 6.16 Å². The van der Waals surface area contributed by atoms with Gasteiger partial charge in [0.25, 0.3) is 0 Å². The molecule has 1 heterocycles. The maximum absolute atomic E-state index is 13.5. The summed E-state index contributed by atoms with van der Waals surface area (Å²) >= 11 is 0. The minimum absolute atomic E-state index is 0.134. The van der Waals surface area contributed by atoms with E-state index in [2.05, 4.69) is 14.7 Å². The molecule has 0 amide bonds. The zero-order chi connectivity index (χ0) is 25.9. The number of imidazole rings is 1. The molecule has 36 heavy (non-hydrogen) atoms. The van der Waals surface area contributed by atoms with E-state index in [9.17, 15) is 18.4 Å². The molecule has 188 valence electrons. The molecule has 0 spiro atoms. The Hall–Kier alpha value is -4.34. The molecule has 3 rings (SSSR count). The van der Waals surface area contributed by atoms with Crippen molar-refractivity contribution in [3.63, 3.8) is 0 Å². The van der Waals surface area contributed by atoms with Crippen molar-refractivity contribution in [2.24, 2.45) is 4.99 Å². The first-order valence-electron chi connectivity index (χ1n) is 10.9. The van der Waals surface area contributed by atoms with Gasteiger partial charge in [0.05, 0.1) is 13.3 Å². The Labute approximate surface area is 206 Å². The van der Waals surface area contributed by atoms with Gasteiger partial charge in [-0.3, -0.25) is 9.79 Å². The molecule has 0 aliphatic rings. The summed E-state index contributed by atoms with van der Waals surface area (Å²) in [6.07, 6.45) is 5.39. The van der Waals surface area contributed by atoms with Crippen LogP contribution in [0.3, 0.4) is 0 Å². The van der Waals surface area contributed by atoms with Crippen LogP contribution >= 0.6 is 0 Å². The third-order valence-corrected chi connectivity index (χ3v) is 5.26. The largest absolute Gasteiger partial charge is 0.510 e. The number of ether oxygens (including phenoxy) is 3. The van der Waals surface area contributed by atoms with Gasteiger partial charge in [0.1, 0.15) is 17.5 Å². The van der Waals surface area contributed by atoms with E-state index < -0.39 is 18.7 Å². The molecule has 0 saturated carbocycles. The lowest BCUT2D eigenvalue weighted by Gasteiger charge is -2.19. The van der Waals surface area contributed by atoms with Crippen LogP contribution < -0.4 is 0 Å². The van der Waals surface area contributed by atoms with E-state index >= 15 is 0 Å². The van der Waals surface area contributed by atoms with Gasteiger partial charge in [0.2, 0.25) is 12.6 Å². The third-order valence-electron chi connectivity index (χ3n) is 5.26. The van der Waals surface area contributed by atoms with Gasteiger partial charge in [-0.25, -0.2) is 18.6 Å². The van der Waals surface area contributed by atoms with Crippen molar-refractivity contribution in [1.29, 1.82) is 0 Å². The lowest BCUT2D eigenvalue weighted by molar-refractivity contribution is -0.114. The Bertz CT molecular complexity index is 1180. The summed E-state index contributed by atoms with van der Waals surface area (Å²) in [6, 6.07) is 12.4. The molecule has 0 saturated heterocycles. The Morgan fingerprint density at radius 1 is 1.03 bits per heavy atom. The van der Waals surface area contributed by atoms with E-state index in [-0.39, 0.29) is 23.3 Å². The van der Waals surface area contributed by atoms with Gasteiger partial charge in [0.15, 0.2) is 5.76 Å². The molecule has 1 aromatic heterocycles. The highest BCUT2D eigenvalue weighted by Gasteiger charge is 2.17. The number of aliphatic imine (C=N–C) groups is 1. The summed E-state index contributed by atoms with van der Waals surface area (Å²) in [5.41, 5.74) is 1.75. The number of nitrogens with zero attached hydrogens (tertiary/aromatic N) is 3. The summed E-state index contributed by atoms with van der Waals surface area (Å²) in [5.74, 6) is -1.10. The van der Waals surface area contributed by atoms with Crippen LogP contribution in [0, 0.1) is 11.6 Å². The summed E-state index contributed by atoms with van der Waals surface area (Å²) in [7, 11) is 2.59. The third kappa shape index (κ3) is 7.33. The Kier molecular flexibility index (Phi) is 9.44. The molecule has 10 heteroatoms. The fourth-order valence-corrected chi connectivity index (χ4v) is 3.52. The average molecular weight is 497 g/mol. The van der Waals surface area contributed by atoms with Crippen LogP contribution in [-0.2, 0) is 25.5 Å². The van der Waals surface area contributed by atoms with Crippen molar-refractivity contribution >= 4 is 24.2 Å². The predicted octanol–water partition coefficient (Wildman–Crippen LogP) is 4.75. The minimum Gasteiger partial charge on any atom is -0.453 e. The standard InChI is InChI=1S/C26H25F2N3O5/c1-29-16-23(32)24(35-17-36-26(33)34-2)15-25-30-12-14-31(25)13-11-22(18-3-7-20(27)8-4-18)19-5-9-21(28)10-6-19/h3-10,12,14-16,22H,11,13,17H2,1-2H3/b24-15-,29-16-. The number of hydrogen-bond acceptors (Lipinski definition) is 7. The number of aromatic nitrogens is 2. The van der Waals surface area contributed by atoms with Gasteiger partial charge in [-0.1, -0.05) is 24.3 Å². The number of carbonyl (C=O) groups is 2. The van der Waals surface area contributed by atoms with E-state index in [0.29, 0.717) is 18.8 Å². The number of carbonyl (C=O) groups excluding carboxylic acids is 2. The Balaban J connectivity index is 1.83. The summed E-state index contributed by atoms with van der Waals surface area (Å²) in [6.45, 7) is -0.0764. The van der Waals surface area contributed by atoms with Crippen molar-refractivity contribution in [3.8, 4) is 0 Å². The molecule has 0 aliphatic carbocycles. The SMILES string of the molecule is C/N=C\C(=O)/C(=C/c1nccn1CCC(c1ccc(F)cc1)c1ccc(F)cc1)OCOC(=O)OC. The quantitative estimate of drug-likeness (QED) is 0.125. The maximum Gasteiger partial charge on any atom is 0.510 e. The monoisotopic (exact) mass is 497 g/mol. The summed E-state index contributed by atoms with van der Waals surface area (Å²) < 4.78 is 43.2. The van der Waals surface area contributed by atoms with Gasteiger partial charge in [-0.2, -0.15) is 0 Å². The topological polar surface area (TPSA) is 92.0 Å². The predicted molar refractivity (Wildman–Crippen MR) is 128 cm³/mol. The zero-order valence-electron chi connectivity index (χ0n) is 19.8. The first kappa shape index (κ1) is 26.3. The number of halogens is 2. The normalized spacial score (nSPS) is 11.6. The van der Waals surface area contributed by atoms with Gasteiger partial charge in [0, 0.05) is 38.0 Å². The molecule has 0 bridgehead atoms. The molecule has 2 aromatic carbocycles. The number of Topliss-reactive ketones (excluding diaryl/α,β-unsaturated/α-hetero) is 1. The van der Waals surface area contributed by atoms with Crippen molar-refractivity contribution in [2.45, 2.75) is 18.9 Å². The highest BCUT2D eigenvalue weighted by molar-refractivity contribution is 6.35. The van der Waals surface area contributed by atoms with Crippen LogP contribution in [0.4, 0.5) is 13.6 Å². The molecule has 0 aliphatic heterocycles. The number of benzene rings is 2. The number of ketones is 1. The minimum atomic E-state index is -0.958. The molecule has 3 aromatic rings. The fraction of sp³-hybridized carbons (Fsp3) is 0.231. The molecular weight excluding hydrogens is 472 g/mol. The van der Waals surface area contributed by atoms with E-state index in [1.807, 2.05) is 0 Å². The van der Waals surface area contributed by atoms with E-state index in [4.69, 9.17) is 9.47 Å². The van der Waals surface area contributed by atoms with Crippen LogP contribution in [0.25, 0.3) is 6.08 Å². The number of aryl methyl sites for hydroxylation is 1. The molecule has 0 fully saturated rings. The van der Waals surface area contributed by atoms with Gasteiger partial charge < -0.3 is 18.8 Å². The second kappa shape index (κ2) is 12.9.